The van der Waals surface area contributed by atoms with Gasteiger partial charge in [-0.05, 0) is 44.5 Å². The lowest BCUT2D eigenvalue weighted by molar-refractivity contribution is -0.120. The summed E-state index contributed by atoms with van der Waals surface area (Å²) < 4.78 is 0. The van der Waals surface area contributed by atoms with E-state index in [4.69, 9.17) is 0 Å². The number of rotatable bonds is 7. The van der Waals surface area contributed by atoms with Crippen LogP contribution in [0.25, 0.3) is 0 Å². The molecule has 1 atom stereocenters. The number of hydrogen-bond acceptors (Lipinski definition) is 3. The maximum Gasteiger partial charge on any atom is 0.221 e. The Bertz CT molecular complexity index is 390. The molecule has 0 aliphatic rings. The number of benzene rings is 1. The van der Waals surface area contributed by atoms with Crippen molar-refractivity contribution >= 4 is 5.91 Å². The minimum atomic E-state index is 0.0811. The van der Waals surface area contributed by atoms with Crippen LogP contribution < -0.4 is 5.32 Å². The average Bonchev–Trinajstić information content (AvgIpc) is 2.43. The second kappa shape index (κ2) is 7.79. The van der Waals surface area contributed by atoms with Gasteiger partial charge in [-0.2, -0.15) is 0 Å². The van der Waals surface area contributed by atoms with E-state index in [9.17, 15) is 9.90 Å². The van der Waals surface area contributed by atoms with E-state index in [1.807, 2.05) is 19.2 Å². The van der Waals surface area contributed by atoms with E-state index >= 15 is 0 Å². The zero-order valence-corrected chi connectivity index (χ0v) is 12.0. The SMILES string of the molecule is CNC(=O)CCN(C)C(C)CCc1ccc(O)cc1. The van der Waals surface area contributed by atoms with Gasteiger partial charge in [-0.3, -0.25) is 4.79 Å². The van der Waals surface area contributed by atoms with Gasteiger partial charge in [0.1, 0.15) is 5.75 Å². The predicted molar refractivity (Wildman–Crippen MR) is 77.2 cm³/mol. The lowest BCUT2D eigenvalue weighted by Crippen LogP contribution is -2.33. The molecule has 4 heteroatoms. The summed E-state index contributed by atoms with van der Waals surface area (Å²) in [6.07, 6.45) is 2.55. The molecule has 4 nitrogen and oxygen atoms in total. The van der Waals surface area contributed by atoms with Crippen LogP contribution in [0, 0.1) is 0 Å². The van der Waals surface area contributed by atoms with Gasteiger partial charge in [-0.1, -0.05) is 12.1 Å². The normalized spacial score (nSPS) is 12.4. The van der Waals surface area contributed by atoms with Crippen LogP contribution in [-0.2, 0) is 11.2 Å². The minimum Gasteiger partial charge on any atom is -0.508 e. The van der Waals surface area contributed by atoms with Gasteiger partial charge in [0.2, 0.25) is 5.91 Å². The van der Waals surface area contributed by atoms with Crippen LogP contribution >= 0.6 is 0 Å². The topological polar surface area (TPSA) is 52.6 Å². The van der Waals surface area contributed by atoms with Crippen molar-refractivity contribution in [1.29, 1.82) is 0 Å². The molecule has 1 amide bonds. The smallest absolute Gasteiger partial charge is 0.221 e. The summed E-state index contributed by atoms with van der Waals surface area (Å²) in [4.78, 5) is 13.4. The maximum atomic E-state index is 11.2. The van der Waals surface area contributed by atoms with Crippen LogP contribution in [0.3, 0.4) is 0 Å². The third kappa shape index (κ3) is 5.75. The Morgan fingerprint density at radius 3 is 2.58 bits per heavy atom. The Hall–Kier alpha value is -1.55. The van der Waals surface area contributed by atoms with E-state index in [2.05, 4.69) is 17.1 Å². The minimum absolute atomic E-state index is 0.0811. The summed E-state index contributed by atoms with van der Waals surface area (Å²) in [6.45, 7) is 2.95. The number of nitrogens with one attached hydrogen (secondary N) is 1. The van der Waals surface area contributed by atoms with Gasteiger partial charge in [-0.15, -0.1) is 0 Å². The van der Waals surface area contributed by atoms with Gasteiger partial charge in [-0.25, -0.2) is 0 Å². The molecule has 0 aliphatic heterocycles. The van der Waals surface area contributed by atoms with Crippen molar-refractivity contribution < 1.29 is 9.90 Å². The summed E-state index contributed by atoms with van der Waals surface area (Å²) in [5.41, 5.74) is 1.23. The summed E-state index contributed by atoms with van der Waals surface area (Å²) in [5, 5.41) is 11.9. The summed E-state index contributed by atoms with van der Waals surface area (Å²) in [5.74, 6) is 0.386. The summed E-state index contributed by atoms with van der Waals surface area (Å²) in [7, 11) is 3.71. The Morgan fingerprint density at radius 2 is 2.00 bits per heavy atom. The maximum absolute atomic E-state index is 11.2. The molecule has 106 valence electrons. The second-order valence-corrected chi connectivity index (χ2v) is 4.96. The molecule has 1 unspecified atom stereocenters. The van der Waals surface area contributed by atoms with Gasteiger partial charge in [0, 0.05) is 26.1 Å². The molecular formula is C15H24N2O2. The molecule has 2 N–H and O–H groups in total. The lowest BCUT2D eigenvalue weighted by Gasteiger charge is -2.24. The van der Waals surface area contributed by atoms with E-state index in [0.29, 0.717) is 18.2 Å². The zero-order chi connectivity index (χ0) is 14.3. The molecule has 0 fully saturated rings. The van der Waals surface area contributed by atoms with Crippen molar-refractivity contribution in [2.24, 2.45) is 0 Å². The quantitative estimate of drug-likeness (QED) is 0.789. The van der Waals surface area contributed by atoms with Crippen molar-refractivity contribution in [1.82, 2.24) is 10.2 Å². The molecule has 0 heterocycles. The Morgan fingerprint density at radius 1 is 1.37 bits per heavy atom. The number of amides is 1. The molecule has 0 spiro atoms. The highest BCUT2D eigenvalue weighted by Crippen LogP contribution is 2.13. The van der Waals surface area contributed by atoms with Crippen LogP contribution in [0.15, 0.2) is 24.3 Å². The van der Waals surface area contributed by atoms with Crippen LogP contribution in [0.5, 0.6) is 5.75 Å². The molecule has 0 radical (unpaired) electrons. The van der Waals surface area contributed by atoms with Gasteiger partial charge in [0.05, 0.1) is 0 Å². The monoisotopic (exact) mass is 264 g/mol. The highest BCUT2D eigenvalue weighted by atomic mass is 16.3. The first kappa shape index (κ1) is 15.5. The van der Waals surface area contributed by atoms with Gasteiger partial charge in [0.25, 0.3) is 0 Å². The summed E-state index contributed by atoms with van der Waals surface area (Å²) in [6, 6.07) is 7.77. The molecule has 0 bridgehead atoms. The van der Waals surface area contributed by atoms with Crippen molar-refractivity contribution in [2.45, 2.75) is 32.2 Å². The van der Waals surface area contributed by atoms with E-state index in [1.54, 1.807) is 19.2 Å². The van der Waals surface area contributed by atoms with Crippen LogP contribution in [0.1, 0.15) is 25.3 Å². The molecular weight excluding hydrogens is 240 g/mol. The molecule has 0 aliphatic carbocycles. The standard InChI is InChI=1S/C15H24N2O2/c1-12(17(3)11-10-15(19)16-2)4-5-13-6-8-14(18)9-7-13/h6-9,12,18H,4-5,10-11H2,1-3H3,(H,16,19). The van der Waals surface area contributed by atoms with E-state index in [0.717, 1.165) is 19.4 Å². The first-order chi connectivity index (χ1) is 9.02. The van der Waals surface area contributed by atoms with Crippen LogP contribution in [0.2, 0.25) is 0 Å². The second-order valence-electron chi connectivity index (χ2n) is 4.96. The first-order valence-corrected chi connectivity index (χ1v) is 6.71. The fourth-order valence-electron chi connectivity index (χ4n) is 1.88. The molecule has 0 aromatic heterocycles. The highest BCUT2D eigenvalue weighted by Gasteiger charge is 2.10. The Balaban J connectivity index is 2.31. The third-order valence-electron chi connectivity index (χ3n) is 3.51. The van der Waals surface area contributed by atoms with E-state index in [-0.39, 0.29) is 5.91 Å². The number of carbonyl (C=O) groups excluding carboxylic acids is 1. The van der Waals surface area contributed by atoms with Crippen molar-refractivity contribution in [3.05, 3.63) is 29.8 Å². The van der Waals surface area contributed by atoms with Crippen molar-refractivity contribution in [2.75, 3.05) is 20.6 Å². The predicted octanol–water partition coefficient (Wildman–Crippen LogP) is 1.78. The molecule has 1 rings (SSSR count). The van der Waals surface area contributed by atoms with Crippen LogP contribution in [-0.4, -0.2) is 42.6 Å². The lowest BCUT2D eigenvalue weighted by atomic mass is 10.1. The Kier molecular flexibility index (Phi) is 6.36. The number of carbonyl (C=O) groups is 1. The fraction of sp³-hybridized carbons (Fsp3) is 0.533. The number of phenols is 1. The fourth-order valence-corrected chi connectivity index (χ4v) is 1.88. The Labute approximate surface area is 115 Å². The number of phenolic OH excluding ortho intramolecular Hbond substituents is 1. The number of aryl methyl sites for hydroxylation is 1. The first-order valence-electron chi connectivity index (χ1n) is 6.71. The molecule has 1 aromatic rings. The largest absolute Gasteiger partial charge is 0.508 e. The van der Waals surface area contributed by atoms with Gasteiger partial charge in [0.15, 0.2) is 0 Å². The summed E-state index contributed by atoms with van der Waals surface area (Å²) >= 11 is 0. The van der Waals surface area contributed by atoms with Gasteiger partial charge < -0.3 is 15.3 Å². The van der Waals surface area contributed by atoms with Gasteiger partial charge >= 0.3 is 0 Å². The number of nitrogens with zero attached hydrogens (tertiary/aromatic N) is 1. The average molecular weight is 264 g/mol. The zero-order valence-electron chi connectivity index (χ0n) is 12.0. The van der Waals surface area contributed by atoms with E-state index < -0.39 is 0 Å². The number of aromatic hydroxyl groups is 1. The van der Waals surface area contributed by atoms with Crippen molar-refractivity contribution in [3.8, 4) is 5.75 Å². The van der Waals surface area contributed by atoms with Crippen molar-refractivity contribution in [3.63, 3.8) is 0 Å². The molecule has 0 saturated heterocycles. The molecule has 19 heavy (non-hydrogen) atoms. The van der Waals surface area contributed by atoms with Crippen LogP contribution in [0.4, 0.5) is 0 Å². The highest BCUT2D eigenvalue weighted by molar-refractivity contribution is 5.75. The molecule has 0 saturated carbocycles. The van der Waals surface area contributed by atoms with E-state index in [1.165, 1.54) is 5.56 Å². The number of hydrogen-bond donors (Lipinski definition) is 2. The molecule has 1 aromatic carbocycles. The third-order valence-corrected chi connectivity index (χ3v) is 3.51.